The molecule has 0 bridgehead atoms. The first-order valence-electron chi connectivity index (χ1n) is 5.89. The van der Waals surface area contributed by atoms with E-state index in [0.717, 1.165) is 17.1 Å². The Labute approximate surface area is 121 Å². The van der Waals surface area contributed by atoms with Crippen molar-refractivity contribution in [3.8, 4) is 11.5 Å². The van der Waals surface area contributed by atoms with Crippen LogP contribution in [0.5, 0.6) is 11.5 Å². The number of nitrogens with zero attached hydrogens (tertiary/aromatic N) is 3. The predicted molar refractivity (Wildman–Crippen MR) is 75.3 cm³/mol. The summed E-state index contributed by atoms with van der Waals surface area (Å²) >= 11 is 1.08. The molecule has 1 aromatic carbocycles. The van der Waals surface area contributed by atoms with Gasteiger partial charge in [-0.15, -0.1) is 5.10 Å². The molecular formula is C13H15N3O3S. The zero-order valence-corrected chi connectivity index (χ0v) is 12.3. The largest absolute Gasteiger partial charge is 0.497 e. The van der Waals surface area contributed by atoms with E-state index in [2.05, 4.69) is 9.59 Å². The van der Waals surface area contributed by atoms with Gasteiger partial charge in [-0.25, -0.2) is 0 Å². The second-order valence-electron chi connectivity index (χ2n) is 4.12. The lowest BCUT2D eigenvalue weighted by atomic mass is 10.1. The van der Waals surface area contributed by atoms with E-state index < -0.39 is 0 Å². The van der Waals surface area contributed by atoms with Gasteiger partial charge in [-0.3, -0.25) is 4.79 Å². The van der Waals surface area contributed by atoms with Gasteiger partial charge in [-0.05, 0) is 23.7 Å². The van der Waals surface area contributed by atoms with E-state index in [1.54, 1.807) is 32.2 Å². The highest BCUT2D eigenvalue weighted by atomic mass is 32.1. The summed E-state index contributed by atoms with van der Waals surface area (Å²) in [6.45, 7) is 0.434. The smallest absolute Gasteiger partial charge is 0.267 e. The summed E-state index contributed by atoms with van der Waals surface area (Å²) in [6.07, 6.45) is 1.47. The molecule has 1 heterocycles. The minimum atomic E-state index is -0.113. The van der Waals surface area contributed by atoms with Crippen molar-refractivity contribution in [2.45, 2.75) is 6.54 Å². The van der Waals surface area contributed by atoms with Gasteiger partial charge >= 0.3 is 0 Å². The van der Waals surface area contributed by atoms with Crippen molar-refractivity contribution < 1.29 is 14.3 Å². The molecule has 6 nitrogen and oxygen atoms in total. The van der Waals surface area contributed by atoms with Crippen LogP contribution < -0.4 is 9.47 Å². The maximum absolute atomic E-state index is 12.1. The Morgan fingerprint density at radius 2 is 2.15 bits per heavy atom. The fourth-order valence-electron chi connectivity index (χ4n) is 1.76. The van der Waals surface area contributed by atoms with Crippen molar-refractivity contribution in [1.29, 1.82) is 0 Å². The number of hydrogen-bond donors (Lipinski definition) is 0. The summed E-state index contributed by atoms with van der Waals surface area (Å²) in [5.74, 6) is 1.29. The Hall–Kier alpha value is -2.15. The number of ether oxygens (including phenoxy) is 2. The van der Waals surface area contributed by atoms with E-state index in [1.165, 1.54) is 6.20 Å². The molecule has 1 aromatic heterocycles. The van der Waals surface area contributed by atoms with Crippen molar-refractivity contribution in [2.24, 2.45) is 0 Å². The van der Waals surface area contributed by atoms with Gasteiger partial charge in [0.1, 0.15) is 16.4 Å². The highest BCUT2D eigenvalue weighted by Gasteiger charge is 2.16. The van der Waals surface area contributed by atoms with E-state index >= 15 is 0 Å². The molecule has 2 aromatic rings. The standard InChI is InChI=1S/C13H15N3O3S/c1-16(13(17)12-7-14-15-20-12)8-9-4-5-10(18-2)6-11(9)19-3/h4-7H,8H2,1-3H3. The van der Waals surface area contributed by atoms with Crippen LogP contribution in [-0.2, 0) is 6.54 Å². The van der Waals surface area contributed by atoms with Gasteiger partial charge in [0.25, 0.3) is 5.91 Å². The second-order valence-corrected chi connectivity index (χ2v) is 4.91. The lowest BCUT2D eigenvalue weighted by Gasteiger charge is -2.18. The molecule has 0 saturated carbocycles. The summed E-state index contributed by atoms with van der Waals surface area (Å²) in [5, 5.41) is 3.67. The number of hydrogen-bond acceptors (Lipinski definition) is 6. The third-order valence-electron chi connectivity index (χ3n) is 2.82. The molecule has 0 aliphatic heterocycles. The van der Waals surface area contributed by atoms with Gasteiger partial charge < -0.3 is 14.4 Å². The van der Waals surface area contributed by atoms with E-state index in [-0.39, 0.29) is 5.91 Å². The van der Waals surface area contributed by atoms with Gasteiger partial charge in [0.2, 0.25) is 0 Å². The normalized spacial score (nSPS) is 10.2. The summed E-state index contributed by atoms with van der Waals surface area (Å²) < 4.78 is 14.2. The second kappa shape index (κ2) is 6.33. The number of methoxy groups -OCH3 is 2. The maximum atomic E-state index is 12.1. The zero-order valence-electron chi connectivity index (χ0n) is 11.5. The van der Waals surface area contributed by atoms with Crippen LogP contribution in [0.15, 0.2) is 24.4 Å². The van der Waals surface area contributed by atoms with Crippen LogP contribution in [0.2, 0.25) is 0 Å². The minimum absolute atomic E-state index is 0.113. The molecule has 0 fully saturated rings. The summed E-state index contributed by atoms with van der Waals surface area (Å²) in [7, 11) is 4.92. The Balaban J connectivity index is 2.15. The Kier molecular flexibility index (Phi) is 4.52. The van der Waals surface area contributed by atoms with Gasteiger partial charge in [-0.1, -0.05) is 4.49 Å². The first kappa shape index (κ1) is 14.3. The fourth-order valence-corrected chi connectivity index (χ4v) is 2.27. The predicted octanol–water partition coefficient (Wildman–Crippen LogP) is 1.83. The molecule has 0 aliphatic rings. The van der Waals surface area contributed by atoms with E-state index in [0.29, 0.717) is 22.9 Å². The minimum Gasteiger partial charge on any atom is -0.497 e. The molecule has 2 rings (SSSR count). The van der Waals surface area contributed by atoms with E-state index in [1.807, 2.05) is 12.1 Å². The lowest BCUT2D eigenvalue weighted by Crippen LogP contribution is -2.25. The SMILES string of the molecule is COc1ccc(CN(C)C(=O)c2cnns2)c(OC)c1. The Bertz CT molecular complexity index is 587. The number of rotatable bonds is 5. The van der Waals surface area contributed by atoms with Gasteiger partial charge in [0, 0.05) is 25.2 Å². The number of amides is 1. The van der Waals surface area contributed by atoms with Crippen LogP contribution in [0.3, 0.4) is 0 Å². The molecule has 0 unspecified atom stereocenters. The molecule has 20 heavy (non-hydrogen) atoms. The number of carbonyl (C=O) groups is 1. The Morgan fingerprint density at radius 3 is 2.75 bits per heavy atom. The third kappa shape index (κ3) is 3.05. The maximum Gasteiger partial charge on any atom is 0.267 e. The highest BCUT2D eigenvalue weighted by Crippen LogP contribution is 2.25. The van der Waals surface area contributed by atoms with Crippen LogP contribution in [-0.4, -0.2) is 41.7 Å². The van der Waals surface area contributed by atoms with Crippen LogP contribution in [0.25, 0.3) is 0 Å². The molecule has 0 atom stereocenters. The quantitative estimate of drug-likeness (QED) is 0.841. The first-order chi connectivity index (χ1) is 9.65. The molecule has 0 N–H and O–H groups in total. The van der Waals surface area contributed by atoms with Gasteiger partial charge in [0.15, 0.2) is 0 Å². The fraction of sp³-hybridized carbons (Fsp3) is 0.308. The summed E-state index contributed by atoms with van der Waals surface area (Å²) in [6, 6.07) is 5.51. The van der Waals surface area contributed by atoms with Crippen molar-refractivity contribution in [3.05, 3.63) is 34.8 Å². The van der Waals surface area contributed by atoms with E-state index in [9.17, 15) is 4.79 Å². The van der Waals surface area contributed by atoms with Crippen LogP contribution >= 0.6 is 11.5 Å². The topological polar surface area (TPSA) is 64.5 Å². The molecular weight excluding hydrogens is 278 g/mol. The van der Waals surface area contributed by atoms with Gasteiger partial charge in [0.05, 0.1) is 20.4 Å². The van der Waals surface area contributed by atoms with Crippen LogP contribution in [0.1, 0.15) is 15.2 Å². The van der Waals surface area contributed by atoms with Crippen molar-refractivity contribution in [1.82, 2.24) is 14.5 Å². The number of aromatic nitrogens is 2. The number of benzene rings is 1. The summed E-state index contributed by atoms with van der Waals surface area (Å²) in [5.41, 5.74) is 0.904. The first-order valence-corrected chi connectivity index (χ1v) is 6.66. The number of carbonyl (C=O) groups excluding carboxylic acids is 1. The van der Waals surface area contributed by atoms with Crippen LogP contribution in [0, 0.1) is 0 Å². The zero-order chi connectivity index (χ0) is 14.5. The molecule has 106 valence electrons. The monoisotopic (exact) mass is 293 g/mol. The van der Waals surface area contributed by atoms with Crippen molar-refractivity contribution in [2.75, 3.05) is 21.3 Å². The molecule has 0 aliphatic carbocycles. The highest BCUT2D eigenvalue weighted by molar-refractivity contribution is 7.07. The average molecular weight is 293 g/mol. The molecule has 7 heteroatoms. The van der Waals surface area contributed by atoms with Crippen LogP contribution in [0.4, 0.5) is 0 Å². The lowest BCUT2D eigenvalue weighted by molar-refractivity contribution is 0.0788. The van der Waals surface area contributed by atoms with Crippen molar-refractivity contribution in [3.63, 3.8) is 0 Å². The molecule has 0 radical (unpaired) electrons. The Morgan fingerprint density at radius 1 is 1.35 bits per heavy atom. The van der Waals surface area contributed by atoms with Gasteiger partial charge in [-0.2, -0.15) is 0 Å². The summed E-state index contributed by atoms with van der Waals surface area (Å²) in [4.78, 5) is 14.2. The third-order valence-corrected chi connectivity index (χ3v) is 3.47. The molecule has 0 spiro atoms. The van der Waals surface area contributed by atoms with Crippen molar-refractivity contribution >= 4 is 17.4 Å². The average Bonchev–Trinajstić information content (AvgIpc) is 3.00. The molecule has 0 saturated heterocycles. The van der Waals surface area contributed by atoms with E-state index in [4.69, 9.17) is 9.47 Å². The molecule has 1 amide bonds.